The molecule has 2 saturated carbocycles. The highest BCUT2D eigenvalue weighted by molar-refractivity contribution is 6.23. The second-order valence-corrected chi connectivity index (χ2v) is 10.7. The first-order chi connectivity index (χ1) is 18.5. The van der Waals surface area contributed by atoms with Crippen LogP contribution in [0.1, 0.15) is 27.1 Å². The van der Waals surface area contributed by atoms with Crippen molar-refractivity contribution >= 4 is 29.3 Å². The molecular weight excluding hydrogens is 478 g/mol. The highest BCUT2D eigenvalue weighted by atomic mass is 16.5. The first-order valence-corrected chi connectivity index (χ1v) is 13.0. The van der Waals surface area contributed by atoms with Crippen LogP contribution >= 0.6 is 0 Å². The minimum absolute atomic E-state index is 0.136. The van der Waals surface area contributed by atoms with Gasteiger partial charge in [0.2, 0.25) is 11.8 Å². The van der Waals surface area contributed by atoms with Crippen molar-refractivity contribution < 1.29 is 23.9 Å². The summed E-state index contributed by atoms with van der Waals surface area (Å²) in [7, 11) is 0. The van der Waals surface area contributed by atoms with Crippen LogP contribution in [0.2, 0.25) is 0 Å². The molecular formula is C32H25NO5. The summed E-state index contributed by atoms with van der Waals surface area (Å²) in [6, 6.07) is 23.4. The quantitative estimate of drug-likeness (QED) is 0.206. The topological polar surface area (TPSA) is 80.8 Å². The van der Waals surface area contributed by atoms with Crippen LogP contribution in [0.4, 0.5) is 5.69 Å². The number of hydrogen-bond donors (Lipinski definition) is 0. The third-order valence-corrected chi connectivity index (χ3v) is 8.65. The van der Waals surface area contributed by atoms with Crippen molar-refractivity contribution in [2.24, 2.45) is 35.5 Å². The predicted molar refractivity (Wildman–Crippen MR) is 140 cm³/mol. The summed E-state index contributed by atoms with van der Waals surface area (Å²) < 4.78 is 5.30. The number of imide groups is 1. The zero-order chi connectivity index (χ0) is 26.0. The van der Waals surface area contributed by atoms with Gasteiger partial charge in [0.1, 0.15) is 0 Å². The first kappa shape index (κ1) is 22.8. The van der Waals surface area contributed by atoms with Gasteiger partial charge in [-0.25, -0.2) is 9.69 Å². The third-order valence-electron chi connectivity index (χ3n) is 8.65. The second kappa shape index (κ2) is 8.62. The fourth-order valence-corrected chi connectivity index (χ4v) is 6.76. The Morgan fingerprint density at radius 1 is 0.737 bits per heavy atom. The van der Waals surface area contributed by atoms with Crippen LogP contribution in [0.25, 0.3) is 11.1 Å². The molecule has 6 nitrogen and oxygen atoms in total. The van der Waals surface area contributed by atoms with Crippen LogP contribution in [-0.4, -0.2) is 30.2 Å². The summed E-state index contributed by atoms with van der Waals surface area (Å²) in [6.45, 7) is -0.405. The largest absolute Gasteiger partial charge is 0.454 e. The molecule has 1 saturated heterocycles. The number of hydrogen-bond acceptors (Lipinski definition) is 5. The average Bonchev–Trinajstić information content (AvgIpc) is 3.74. The minimum atomic E-state index is -0.680. The number of rotatable bonds is 6. The standard InChI is InChI=1S/C32H25NO5/c34-27(20-11-9-19(10-12-20)18-5-2-1-3-6-18)17-38-32(37)21-7-4-8-22(15-21)33-30(35)28-23-13-14-24(26-16-25(23)26)29(28)31(33)36/h1-15,23-26,28-29H,16-17H2/t23-,24-,25-,26-,28-,29-/m1/s1. The maximum Gasteiger partial charge on any atom is 0.338 e. The van der Waals surface area contributed by atoms with Crippen LogP contribution < -0.4 is 4.90 Å². The van der Waals surface area contributed by atoms with Crippen molar-refractivity contribution in [1.29, 1.82) is 0 Å². The van der Waals surface area contributed by atoms with E-state index in [2.05, 4.69) is 12.2 Å². The van der Waals surface area contributed by atoms with E-state index < -0.39 is 12.6 Å². The van der Waals surface area contributed by atoms with Crippen LogP contribution in [0, 0.1) is 35.5 Å². The molecule has 2 bridgehead atoms. The maximum absolute atomic E-state index is 13.4. The van der Waals surface area contributed by atoms with E-state index >= 15 is 0 Å². The summed E-state index contributed by atoms with van der Waals surface area (Å²) >= 11 is 0. The second-order valence-electron chi connectivity index (χ2n) is 10.7. The molecule has 0 spiro atoms. The average molecular weight is 504 g/mol. The Morgan fingerprint density at radius 2 is 1.37 bits per heavy atom. The van der Waals surface area contributed by atoms with Crippen LogP contribution in [-0.2, 0) is 14.3 Å². The van der Waals surface area contributed by atoms with Crippen molar-refractivity contribution in [3.63, 3.8) is 0 Å². The molecule has 6 atom stereocenters. The number of amides is 2. The number of anilines is 1. The zero-order valence-corrected chi connectivity index (χ0v) is 20.5. The number of Topliss-reactive ketones (excluding diaryl/α,β-unsaturated/α-hetero) is 1. The van der Waals surface area contributed by atoms with Gasteiger partial charge in [0.05, 0.1) is 23.1 Å². The molecule has 1 heterocycles. The van der Waals surface area contributed by atoms with Crippen molar-refractivity contribution in [3.05, 3.63) is 102 Å². The number of benzene rings is 3. The highest BCUT2D eigenvalue weighted by Gasteiger charge is 2.67. The van der Waals surface area contributed by atoms with E-state index in [0.29, 0.717) is 23.1 Å². The summed E-state index contributed by atoms with van der Waals surface area (Å²) in [5.74, 6) is -0.633. The van der Waals surface area contributed by atoms with Crippen molar-refractivity contribution in [2.45, 2.75) is 6.42 Å². The predicted octanol–water partition coefficient (Wildman–Crippen LogP) is 4.95. The van der Waals surface area contributed by atoms with Gasteiger partial charge >= 0.3 is 5.97 Å². The zero-order valence-electron chi connectivity index (χ0n) is 20.5. The number of nitrogens with zero attached hydrogens (tertiary/aromatic N) is 1. The Labute approximate surface area is 219 Å². The molecule has 3 aromatic carbocycles. The summed E-state index contributed by atoms with van der Waals surface area (Å²) in [5, 5.41) is 0. The molecule has 3 fully saturated rings. The summed E-state index contributed by atoms with van der Waals surface area (Å²) in [4.78, 5) is 53.5. The van der Waals surface area contributed by atoms with E-state index in [1.807, 2.05) is 42.5 Å². The number of allylic oxidation sites excluding steroid dienone is 2. The normalized spacial score (nSPS) is 28.2. The third kappa shape index (κ3) is 3.55. The van der Waals surface area contributed by atoms with E-state index in [1.165, 1.54) is 11.0 Å². The molecule has 6 heteroatoms. The monoisotopic (exact) mass is 503 g/mol. The maximum atomic E-state index is 13.4. The fraction of sp³-hybridized carbons (Fsp3) is 0.250. The number of esters is 1. The van der Waals surface area contributed by atoms with Gasteiger partial charge in [-0.2, -0.15) is 0 Å². The molecule has 0 unspecified atom stereocenters. The van der Waals surface area contributed by atoms with E-state index in [9.17, 15) is 19.2 Å². The summed E-state index contributed by atoms with van der Waals surface area (Å²) in [6.07, 6.45) is 5.37. The van der Waals surface area contributed by atoms with Gasteiger partial charge in [-0.15, -0.1) is 0 Å². The molecule has 2 amide bonds. The Hall–Kier alpha value is -4.32. The molecule has 4 aliphatic carbocycles. The lowest BCUT2D eigenvalue weighted by molar-refractivity contribution is -0.124. The lowest BCUT2D eigenvalue weighted by Crippen LogP contribution is -2.40. The smallest absolute Gasteiger partial charge is 0.338 e. The Kier molecular flexibility index (Phi) is 5.18. The number of carbonyl (C=O) groups excluding carboxylic acids is 4. The van der Waals surface area contributed by atoms with Gasteiger partial charge in [0, 0.05) is 5.56 Å². The highest BCUT2D eigenvalue weighted by Crippen LogP contribution is 2.65. The molecule has 5 aliphatic rings. The number of carbonyl (C=O) groups is 4. The van der Waals surface area contributed by atoms with Crippen LogP contribution in [0.3, 0.4) is 0 Å². The van der Waals surface area contributed by atoms with Gasteiger partial charge in [-0.1, -0.05) is 72.8 Å². The lowest BCUT2D eigenvalue weighted by Gasteiger charge is -2.37. The van der Waals surface area contributed by atoms with Crippen LogP contribution in [0.15, 0.2) is 91.0 Å². The van der Waals surface area contributed by atoms with Gasteiger partial charge in [-0.3, -0.25) is 14.4 Å². The molecule has 0 N–H and O–H groups in total. The first-order valence-electron chi connectivity index (χ1n) is 13.0. The van der Waals surface area contributed by atoms with E-state index in [0.717, 1.165) is 17.5 Å². The van der Waals surface area contributed by atoms with Gasteiger partial charge in [0.25, 0.3) is 0 Å². The minimum Gasteiger partial charge on any atom is -0.454 e. The molecule has 0 radical (unpaired) electrons. The Morgan fingerprint density at radius 3 is 2.03 bits per heavy atom. The van der Waals surface area contributed by atoms with Gasteiger partial charge in [-0.05, 0) is 59.4 Å². The van der Waals surface area contributed by atoms with Crippen molar-refractivity contribution in [1.82, 2.24) is 0 Å². The molecule has 1 aliphatic heterocycles. The Bertz CT molecular complexity index is 1470. The SMILES string of the molecule is O=C(COC(=O)c1cccc(N2C(=O)[C@@H]3[C@@H]4C=C[C@H]([C@H]5C[C@H]45)[C@H]3C2=O)c1)c1ccc(-c2ccccc2)cc1. The molecule has 0 aromatic heterocycles. The molecule has 8 rings (SSSR count). The summed E-state index contributed by atoms with van der Waals surface area (Å²) in [5.41, 5.74) is 3.05. The Balaban J connectivity index is 1.03. The van der Waals surface area contributed by atoms with Crippen molar-refractivity contribution in [2.75, 3.05) is 11.5 Å². The number of ether oxygens (including phenoxy) is 1. The van der Waals surface area contributed by atoms with Crippen molar-refractivity contribution in [3.8, 4) is 11.1 Å². The number of ketones is 1. The van der Waals surface area contributed by atoms with Gasteiger partial charge in [0.15, 0.2) is 12.4 Å². The fourth-order valence-electron chi connectivity index (χ4n) is 6.76. The molecule has 3 aromatic rings. The molecule has 38 heavy (non-hydrogen) atoms. The van der Waals surface area contributed by atoms with E-state index in [4.69, 9.17) is 4.74 Å². The van der Waals surface area contributed by atoms with Gasteiger partial charge < -0.3 is 4.74 Å². The van der Waals surface area contributed by atoms with E-state index in [-0.39, 0.29) is 46.8 Å². The lowest BCUT2D eigenvalue weighted by atomic mass is 9.63. The molecule has 188 valence electrons. The van der Waals surface area contributed by atoms with Crippen LogP contribution in [0.5, 0.6) is 0 Å². The van der Waals surface area contributed by atoms with E-state index in [1.54, 1.807) is 30.3 Å².